The zero-order valence-electron chi connectivity index (χ0n) is 9.18. The third-order valence-electron chi connectivity index (χ3n) is 2.45. The second-order valence-electron chi connectivity index (χ2n) is 3.66. The molecule has 5 heteroatoms. The number of hydrogen-bond donors (Lipinski definition) is 1. The van der Waals surface area contributed by atoms with Crippen LogP contribution in [-0.2, 0) is 6.54 Å². The molecule has 1 nitrogen and oxygen atoms in total. The summed E-state index contributed by atoms with van der Waals surface area (Å²) in [7, 11) is 0. The molecule has 0 atom stereocenters. The minimum Gasteiger partial charge on any atom is -0.377 e. The van der Waals surface area contributed by atoms with Crippen molar-refractivity contribution < 1.29 is 4.39 Å². The third-order valence-corrected chi connectivity index (χ3v) is 3.62. The SMILES string of the molecule is Fc1cccc(Cl)c1NCc1cccc(Cl)c1Cl. The van der Waals surface area contributed by atoms with Gasteiger partial charge in [0, 0.05) is 6.54 Å². The normalized spacial score (nSPS) is 10.4. The highest BCUT2D eigenvalue weighted by Gasteiger charge is 2.08. The van der Waals surface area contributed by atoms with Gasteiger partial charge in [0.05, 0.1) is 20.8 Å². The highest BCUT2D eigenvalue weighted by molar-refractivity contribution is 6.42. The van der Waals surface area contributed by atoms with E-state index in [2.05, 4.69) is 5.32 Å². The first kappa shape index (κ1) is 13.5. The van der Waals surface area contributed by atoms with Crippen LogP contribution in [0.25, 0.3) is 0 Å². The van der Waals surface area contributed by atoms with Gasteiger partial charge in [-0.25, -0.2) is 4.39 Å². The minimum atomic E-state index is -0.402. The van der Waals surface area contributed by atoms with Gasteiger partial charge in [-0.3, -0.25) is 0 Å². The van der Waals surface area contributed by atoms with Gasteiger partial charge in [-0.15, -0.1) is 0 Å². The standard InChI is InChI=1S/C13H9Cl3FN/c14-9-4-1-3-8(12(9)16)7-18-13-10(15)5-2-6-11(13)17/h1-6,18H,7H2. The Hall–Kier alpha value is -0.960. The Labute approximate surface area is 119 Å². The van der Waals surface area contributed by atoms with Gasteiger partial charge in [-0.1, -0.05) is 53.0 Å². The third kappa shape index (κ3) is 2.89. The molecule has 18 heavy (non-hydrogen) atoms. The molecule has 0 bridgehead atoms. The van der Waals surface area contributed by atoms with Crippen molar-refractivity contribution >= 4 is 40.5 Å². The average Bonchev–Trinajstić information content (AvgIpc) is 2.33. The summed E-state index contributed by atoms with van der Waals surface area (Å²) in [5, 5.41) is 4.17. The number of halogens is 4. The first-order valence-corrected chi connectivity index (χ1v) is 6.33. The Balaban J connectivity index is 2.19. The quantitative estimate of drug-likeness (QED) is 0.800. The highest BCUT2D eigenvalue weighted by atomic mass is 35.5. The van der Waals surface area contributed by atoms with E-state index in [1.807, 2.05) is 6.07 Å². The topological polar surface area (TPSA) is 12.0 Å². The molecule has 94 valence electrons. The summed E-state index contributed by atoms with van der Waals surface area (Å²) >= 11 is 17.8. The summed E-state index contributed by atoms with van der Waals surface area (Å²) in [6.07, 6.45) is 0. The predicted octanol–water partition coefficient (Wildman–Crippen LogP) is 5.40. The molecule has 0 saturated heterocycles. The monoisotopic (exact) mass is 303 g/mol. The molecule has 0 fully saturated rings. The molecule has 0 aromatic heterocycles. The fourth-order valence-corrected chi connectivity index (χ4v) is 2.15. The van der Waals surface area contributed by atoms with Gasteiger partial charge in [0.2, 0.25) is 0 Å². The number of hydrogen-bond acceptors (Lipinski definition) is 1. The second-order valence-corrected chi connectivity index (χ2v) is 4.86. The van der Waals surface area contributed by atoms with Crippen molar-refractivity contribution in [3.05, 3.63) is 62.8 Å². The fraction of sp³-hybridized carbons (Fsp3) is 0.0769. The van der Waals surface area contributed by atoms with Crippen molar-refractivity contribution in [1.29, 1.82) is 0 Å². The molecular weight excluding hydrogens is 296 g/mol. The Morgan fingerprint density at radius 2 is 1.61 bits per heavy atom. The summed E-state index contributed by atoms with van der Waals surface area (Å²) < 4.78 is 13.5. The molecule has 2 rings (SSSR count). The Bertz CT molecular complexity index is 552. The Morgan fingerprint density at radius 3 is 2.33 bits per heavy atom. The maximum absolute atomic E-state index is 13.5. The van der Waals surface area contributed by atoms with E-state index in [-0.39, 0.29) is 5.69 Å². The van der Waals surface area contributed by atoms with Crippen molar-refractivity contribution in [2.24, 2.45) is 0 Å². The van der Waals surface area contributed by atoms with Crippen molar-refractivity contribution in [2.75, 3.05) is 5.32 Å². The maximum atomic E-state index is 13.5. The number of rotatable bonds is 3. The van der Waals surface area contributed by atoms with Crippen LogP contribution in [0.1, 0.15) is 5.56 Å². The molecule has 0 spiro atoms. The summed E-state index contributed by atoms with van der Waals surface area (Å²) in [6.45, 7) is 0.347. The zero-order valence-corrected chi connectivity index (χ0v) is 11.5. The van der Waals surface area contributed by atoms with Gasteiger partial charge in [-0.2, -0.15) is 0 Å². The van der Waals surface area contributed by atoms with Crippen LogP contribution in [0.5, 0.6) is 0 Å². The van der Waals surface area contributed by atoms with Gasteiger partial charge in [0.15, 0.2) is 0 Å². The average molecular weight is 305 g/mol. The first-order valence-electron chi connectivity index (χ1n) is 5.20. The van der Waals surface area contributed by atoms with Crippen LogP contribution in [0, 0.1) is 5.82 Å². The predicted molar refractivity (Wildman–Crippen MR) is 75.2 cm³/mol. The smallest absolute Gasteiger partial charge is 0.147 e. The van der Waals surface area contributed by atoms with Crippen molar-refractivity contribution in [3.8, 4) is 0 Å². The van der Waals surface area contributed by atoms with Crippen LogP contribution in [0.2, 0.25) is 15.1 Å². The number of benzene rings is 2. The molecule has 0 aliphatic heterocycles. The van der Waals surface area contributed by atoms with E-state index >= 15 is 0 Å². The number of para-hydroxylation sites is 1. The van der Waals surface area contributed by atoms with Crippen LogP contribution in [0.15, 0.2) is 36.4 Å². The largest absolute Gasteiger partial charge is 0.377 e. The van der Waals surface area contributed by atoms with E-state index in [0.717, 1.165) is 5.56 Å². The molecule has 0 aliphatic rings. The lowest BCUT2D eigenvalue weighted by Crippen LogP contribution is -2.02. The molecule has 1 N–H and O–H groups in total. The van der Waals surface area contributed by atoms with Crippen molar-refractivity contribution in [1.82, 2.24) is 0 Å². The lowest BCUT2D eigenvalue weighted by Gasteiger charge is -2.11. The van der Waals surface area contributed by atoms with Gasteiger partial charge < -0.3 is 5.32 Å². The molecule has 2 aromatic rings. The molecule has 0 heterocycles. The second kappa shape index (κ2) is 5.79. The highest BCUT2D eigenvalue weighted by Crippen LogP contribution is 2.28. The number of anilines is 1. The lowest BCUT2D eigenvalue weighted by molar-refractivity contribution is 0.630. The van der Waals surface area contributed by atoms with E-state index in [1.165, 1.54) is 6.07 Å². The van der Waals surface area contributed by atoms with Gasteiger partial charge in [0.1, 0.15) is 5.82 Å². The molecular formula is C13H9Cl3FN. The van der Waals surface area contributed by atoms with Crippen molar-refractivity contribution in [3.63, 3.8) is 0 Å². The van der Waals surface area contributed by atoms with E-state index < -0.39 is 5.82 Å². The van der Waals surface area contributed by atoms with E-state index in [4.69, 9.17) is 34.8 Å². The summed E-state index contributed by atoms with van der Waals surface area (Å²) in [6, 6.07) is 9.81. The van der Waals surface area contributed by atoms with Gasteiger partial charge >= 0.3 is 0 Å². The molecule has 0 aliphatic carbocycles. The molecule has 0 amide bonds. The zero-order chi connectivity index (χ0) is 13.1. The summed E-state index contributed by atoms with van der Waals surface area (Å²) in [5.74, 6) is -0.402. The van der Waals surface area contributed by atoms with Crippen LogP contribution in [-0.4, -0.2) is 0 Å². The Morgan fingerprint density at radius 1 is 0.944 bits per heavy atom. The van der Waals surface area contributed by atoms with E-state index in [9.17, 15) is 4.39 Å². The van der Waals surface area contributed by atoms with Gasteiger partial charge in [0.25, 0.3) is 0 Å². The maximum Gasteiger partial charge on any atom is 0.147 e. The van der Waals surface area contributed by atoms with Crippen LogP contribution >= 0.6 is 34.8 Å². The minimum absolute atomic E-state index is 0.259. The number of nitrogens with one attached hydrogen (secondary N) is 1. The molecule has 0 unspecified atom stereocenters. The summed E-state index contributed by atoms with van der Waals surface area (Å²) in [4.78, 5) is 0. The Kier molecular flexibility index (Phi) is 4.33. The molecule has 0 radical (unpaired) electrons. The van der Waals surface area contributed by atoms with E-state index in [0.29, 0.717) is 21.6 Å². The van der Waals surface area contributed by atoms with Crippen LogP contribution < -0.4 is 5.32 Å². The van der Waals surface area contributed by atoms with Crippen LogP contribution in [0.3, 0.4) is 0 Å². The fourth-order valence-electron chi connectivity index (χ4n) is 1.54. The van der Waals surface area contributed by atoms with Crippen LogP contribution in [0.4, 0.5) is 10.1 Å². The van der Waals surface area contributed by atoms with Gasteiger partial charge in [-0.05, 0) is 23.8 Å². The molecule has 0 saturated carbocycles. The molecule has 2 aromatic carbocycles. The van der Waals surface area contributed by atoms with Crippen molar-refractivity contribution in [2.45, 2.75) is 6.54 Å². The van der Waals surface area contributed by atoms with E-state index in [1.54, 1.807) is 24.3 Å². The summed E-state index contributed by atoms with van der Waals surface area (Å²) in [5.41, 5.74) is 1.04. The lowest BCUT2D eigenvalue weighted by atomic mass is 10.2. The first-order chi connectivity index (χ1) is 8.59.